The van der Waals surface area contributed by atoms with E-state index in [0.29, 0.717) is 0 Å². The normalized spacial score (nSPS) is 16.9. The van der Waals surface area contributed by atoms with Crippen molar-refractivity contribution in [1.82, 2.24) is 5.32 Å². The van der Waals surface area contributed by atoms with Gasteiger partial charge in [0.05, 0.1) is 0 Å². The third-order valence-electron chi connectivity index (χ3n) is 3.28. The molecule has 1 unspecified atom stereocenters. The lowest BCUT2D eigenvalue weighted by atomic mass is 9.74. The highest BCUT2D eigenvalue weighted by molar-refractivity contribution is 5.79. The lowest BCUT2D eigenvalue weighted by Gasteiger charge is -2.39. The maximum Gasteiger partial charge on any atom is 0.324 e. The van der Waals surface area contributed by atoms with Gasteiger partial charge in [-0.1, -0.05) is 41.5 Å². The molecule has 0 aromatic heterocycles. The van der Waals surface area contributed by atoms with Crippen LogP contribution in [-0.4, -0.2) is 23.2 Å². The number of carbonyl (C=O) groups is 1. The molecule has 2 N–H and O–H groups in total. The number of aliphatic carboxylic acids is 1. The van der Waals surface area contributed by atoms with Crippen molar-refractivity contribution in [2.45, 2.75) is 60.4 Å². The lowest BCUT2D eigenvalue weighted by Crippen LogP contribution is -2.58. The van der Waals surface area contributed by atoms with Gasteiger partial charge in [-0.2, -0.15) is 0 Å². The Kier molecular flexibility index (Phi) is 4.57. The van der Waals surface area contributed by atoms with Gasteiger partial charge in [-0.3, -0.25) is 4.79 Å². The number of carboxylic acids is 1. The molecule has 0 aromatic rings. The topological polar surface area (TPSA) is 49.3 Å². The molecule has 0 saturated carbocycles. The molecule has 0 bridgehead atoms. The van der Waals surface area contributed by atoms with E-state index in [4.69, 9.17) is 0 Å². The van der Waals surface area contributed by atoms with Crippen LogP contribution in [0.15, 0.2) is 0 Å². The Morgan fingerprint density at radius 2 is 1.50 bits per heavy atom. The number of hydrogen-bond acceptors (Lipinski definition) is 2. The monoisotopic (exact) mass is 229 g/mol. The molecular weight excluding hydrogens is 202 g/mol. The molecular formula is C13H27NO2. The van der Waals surface area contributed by atoms with E-state index < -0.39 is 11.5 Å². The highest BCUT2D eigenvalue weighted by Gasteiger charge is 2.44. The molecule has 0 radical (unpaired) electrons. The van der Waals surface area contributed by atoms with Gasteiger partial charge in [0, 0.05) is 0 Å². The van der Waals surface area contributed by atoms with Crippen LogP contribution in [0.2, 0.25) is 0 Å². The first kappa shape index (κ1) is 15.4. The minimum Gasteiger partial charge on any atom is -0.480 e. The van der Waals surface area contributed by atoms with Crippen LogP contribution in [0.5, 0.6) is 0 Å². The summed E-state index contributed by atoms with van der Waals surface area (Å²) < 4.78 is 0. The van der Waals surface area contributed by atoms with Crippen LogP contribution in [0.4, 0.5) is 0 Å². The van der Waals surface area contributed by atoms with E-state index >= 15 is 0 Å². The Morgan fingerprint density at radius 3 is 1.75 bits per heavy atom. The van der Waals surface area contributed by atoms with E-state index in [1.165, 1.54) is 0 Å². The summed E-state index contributed by atoms with van der Waals surface area (Å²) in [6, 6.07) is 0. The predicted octanol–water partition coefficient (Wildman–Crippen LogP) is 2.90. The van der Waals surface area contributed by atoms with Gasteiger partial charge in [0.2, 0.25) is 0 Å². The van der Waals surface area contributed by atoms with Crippen molar-refractivity contribution in [2.24, 2.45) is 10.8 Å². The highest BCUT2D eigenvalue weighted by Crippen LogP contribution is 2.30. The summed E-state index contributed by atoms with van der Waals surface area (Å²) in [5.74, 6) is -0.783. The van der Waals surface area contributed by atoms with Crippen molar-refractivity contribution in [1.29, 1.82) is 0 Å². The maximum atomic E-state index is 11.4. The third-order valence-corrected chi connectivity index (χ3v) is 3.28. The van der Waals surface area contributed by atoms with Crippen LogP contribution in [0.3, 0.4) is 0 Å². The number of nitrogens with one attached hydrogen (secondary N) is 1. The second-order valence-corrected chi connectivity index (χ2v) is 6.92. The third kappa shape index (κ3) is 4.12. The van der Waals surface area contributed by atoms with Gasteiger partial charge >= 0.3 is 5.97 Å². The van der Waals surface area contributed by atoms with Crippen LogP contribution in [0.1, 0.15) is 54.9 Å². The lowest BCUT2D eigenvalue weighted by molar-refractivity contribution is -0.149. The molecule has 0 aliphatic rings. The van der Waals surface area contributed by atoms with Gasteiger partial charge in [0.1, 0.15) is 5.54 Å². The van der Waals surface area contributed by atoms with E-state index in [1.54, 1.807) is 6.92 Å². The Labute approximate surface area is 99.6 Å². The summed E-state index contributed by atoms with van der Waals surface area (Å²) in [7, 11) is 0. The Balaban J connectivity index is 4.55. The van der Waals surface area contributed by atoms with Crippen molar-refractivity contribution < 1.29 is 9.90 Å². The quantitative estimate of drug-likeness (QED) is 0.779. The zero-order chi connectivity index (χ0) is 13.2. The Morgan fingerprint density at radius 1 is 1.06 bits per heavy atom. The van der Waals surface area contributed by atoms with Crippen molar-refractivity contribution in [3.05, 3.63) is 0 Å². The number of hydrogen-bond donors (Lipinski definition) is 2. The molecule has 0 rings (SSSR count). The average molecular weight is 229 g/mol. The van der Waals surface area contributed by atoms with Crippen LogP contribution in [-0.2, 0) is 4.79 Å². The second-order valence-electron chi connectivity index (χ2n) is 6.92. The first-order valence-electron chi connectivity index (χ1n) is 5.88. The molecule has 3 nitrogen and oxygen atoms in total. The fourth-order valence-electron chi connectivity index (χ4n) is 1.35. The summed E-state index contributed by atoms with van der Waals surface area (Å²) in [4.78, 5) is 11.4. The smallest absolute Gasteiger partial charge is 0.324 e. The van der Waals surface area contributed by atoms with E-state index in [-0.39, 0.29) is 10.8 Å². The first-order chi connectivity index (χ1) is 6.90. The number of carboxylic acid groups (broad SMARTS) is 1. The Hall–Kier alpha value is -0.570. The summed E-state index contributed by atoms with van der Waals surface area (Å²) in [6.07, 6.45) is 0.964. The van der Waals surface area contributed by atoms with Gasteiger partial charge in [-0.05, 0) is 30.7 Å². The highest BCUT2D eigenvalue weighted by atomic mass is 16.4. The van der Waals surface area contributed by atoms with Crippen molar-refractivity contribution >= 4 is 5.97 Å². The van der Waals surface area contributed by atoms with Crippen LogP contribution >= 0.6 is 0 Å². The molecule has 3 heteroatoms. The molecule has 1 atom stereocenters. The van der Waals surface area contributed by atoms with E-state index in [9.17, 15) is 9.90 Å². The molecule has 0 aliphatic heterocycles. The molecule has 96 valence electrons. The summed E-state index contributed by atoms with van der Waals surface area (Å²) in [5.41, 5.74) is -0.959. The molecule has 16 heavy (non-hydrogen) atoms. The molecule has 0 amide bonds. The van der Waals surface area contributed by atoms with Crippen LogP contribution < -0.4 is 5.32 Å². The van der Waals surface area contributed by atoms with Gasteiger partial charge < -0.3 is 10.4 Å². The molecule has 0 aromatic carbocycles. The maximum absolute atomic E-state index is 11.4. The molecule has 0 spiro atoms. The van der Waals surface area contributed by atoms with Gasteiger partial charge in [-0.25, -0.2) is 0 Å². The summed E-state index contributed by atoms with van der Waals surface area (Å²) in [6.45, 7) is 14.8. The van der Waals surface area contributed by atoms with Crippen LogP contribution in [0, 0.1) is 10.8 Å². The first-order valence-corrected chi connectivity index (χ1v) is 5.88. The second kappa shape index (κ2) is 4.74. The fraction of sp³-hybridized carbons (Fsp3) is 0.923. The molecule has 0 saturated heterocycles. The van der Waals surface area contributed by atoms with Gasteiger partial charge in [0.25, 0.3) is 0 Å². The standard InChI is InChI=1S/C13H27NO2/c1-11(2,3)8-9-14-13(7,10(15)16)12(4,5)6/h14H,8-9H2,1-7H3,(H,15,16). The average Bonchev–Trinajstić information content (AvgIpc) is 1.98. The van der Waals surface area contributed by atoms with Gasteiger partial charge in [0.15, 0.2) is 0 Å². The Bertz CT molecular complexity index is 248. The SMILES string of the molecule is CC(C)(C)CCNC(C)(C(=O)O)C(C)(C)C. The van der Waals surface area contributed by atoms with Crippen molar-refractivity contribution in [3.8, 4) is 0 Å². The molecule has 0 heterocycles. The summed E-state index contributed by atoms with van der Waals surface area (Å²) in [5, 5.41) is 12.5. The zero-order valence-electron chi connectivity index (χ0n) is 11.8. The van der Waals surface area contributed by atoms with Crippen molar-refractivity contribution in [3.63, 3.8) is 0 Å². The largest absolute Gasteiger partial charge is 0.480 e. The van der Waals surface area contributed by atoms with E-state index in [2.05, 4.69) is 26.1 Å². The molecule has 0 aliphatic carbocycles. The fourth-order valence-corrected chi connectivity index (χ4v) is 1.35. The minimum absolute atomic E-state index is 0.226. The van der Waals surface area contributed by atoms with E-state index in [1.807, 2.05) is 20.8 Å². The summed E-state index contributed by atoms with van der Waals surface area (Å²) >= 11 is 0. The van der Waals surface area contributed by atoms with Crippen LogP contribution in [0.25, 0.3) is 0 Å². The number of rotatable bonds is 4. The van der Waals surface area contributed by atoms with Gasteiger partial charge in [-0.15, -0.1) is 0 Å². The van der Waals surface area contributed by atoms with Crippen molar-refractivity contribution in [2.75, 3.05) is 6.54 Å². The zero-order valence-corrected chi connectivity index (χ0v) is 11.8. The molecule has 0 fully saturated rings. The predicted molar refractivity (Wildman–Crippen MR) is 67.6 cm³/mol. The van der Waals surface area contributed by atoms with E-state index in [0.717, 1.165) is 13.0 Å². The minimum atomic E-state index is -0.877.